The molecule has 0 aliphatic rings. The highest BCUT2D eigenvalue weighted by atomic mass is 79.9. The van der Waals surface area contributed by atoms with Crippen molar-refractivity contribution in [3.8, 4) is 67.3 Å². The number of nitrogens with one attached hydrogen (secondary N) is 4. The van der Waals surface area contributed by atoms with Crippen LogP contribution in [0, 0.1) is 0 Å². The monoisotopic (exact) mass is 858 g/mol. The van der Waals surface area contributed by atoms with Gasteiger partial charge in [0, 0.05) is 26.7 Å². The first kappa shape index (κ1) is 37.4. The van der Waals surface area contributed by atoms with E-state index in [0.717, 1.165) is 88.2 Å². The molecule has 0 spiro atoms. The van der Waals surface area contributed by atoms with Gasteiger partial charge in [-0.3, -0.25) is 10.2 Å². The van der Waals surface area contributed by atoms with Gasteiger partial charge in [-0.05, 0) is 69.4 Å². The largest absolute Gasteiger partial charge is 0.347 e. The topological polar surface area (TPSA) is 159 Å². The Hall–Kier alpha value is -7.90. The van der Waals surface area contributed by atoms with Gasteiger partial charge in [0.1, 0.15) is 0 Å². The van der Waals surface area contributed by atoms with E-state index in [1.807, 2.05) is 84.9 Å². The molecule has 4 N–H and O–H groups in total. The number of aromatic amines is 2. The highest BCUT2D eigenvalue weighted by molar-refractivity contribution is 9.10. The molecule has 0 radical (unpaired) electrons. The van der Waals surface area contributed by atoms with Gasteiger partial charge < -0.3 is 10.6 Å². The van der Waals surface area contributed by atoms with Crippen LogP contribution in [-0.2, 0) is 13.1 Å². The standard InChI is InChI=1S/C48H35BrN12/c49-36-20-18-33(19-21-36)44-25-38(57-59-44)27-51-48-55-46(29-53-61-48)42-23-35(22-34-10-4-5-12-40(34)42)30-14-16-31(17-15-30)39-11-6-7-13-41(39)45-28-52-60-47(54-45)50-26-37-24-43(58-56-37)32-8-2-1-3-9-32/h1-25,28-29H,26-27H2,(H,56,58)(H,57,59)(H,50,54,60)(H,51,55,61). The fourth-order valence-electron chi connectivity index (χ4n) is 7.28. The SMILES string of the molecule is Brc1ccc(-c2cc(CNc3nncc(-c4cc(-c5ccc(-c6ccccc6-c6cnnc(NCc7cc(-c8ccccc8)n[nH]7)n6)cc5)cc5ccccc45)n3)[nH]n2)cc1. The lowest BCUT2D eigenvalue weighted by Gasteiger charge is -2.13. The zero-order chi connectivity index (χ0) is 41.0. The lowest BCUT2D eigenvalue weighted by atomic mass is 9.93. The number of hydrogen-bond donors (Lipinski definition) is 4. The second-order valence-electron chi connectivity index (χ2n) is 14.3. The smallest absolute Gasteiger partial charge is 0.243 e. The second kappa shape index (κ2) is 16.8. The Morgan fingerprint density at radius 3 is 1.66 bits per heavy atom. The highest BCUT2D eigenvalue weighted by Gasteiger charge is 2.15. The summed E-state index contributed by atoms with van der Waals surface area (Å²) >= 11 is 3.49. The number of fused-ring (bicyclic) bond motifs is 1. The molecule has 0 saturated carbocycles. The minimum atomic E-state index is 0.423. The normalized spacial score (nSPS) is 11.2. The first-order chi connectivity index (χ1) is 30.1. The molecule has 0 saturated heterocycles. The number of benzene rings is 6. The molecule has 12 nitrogen and oxygen atoms in total. The fourth-order valence-corrected chi connectivity index (χ4v) is 7.55. The molecule has 0 atom stereocenters. The van der Waals surface area contributed by atoms with Gasteiger partial charge in [-0.1, -0.05) is 131 Å². The van der Waals surface area contributed by atoms with E-state index in [-0.39, 0.29) is 0 Å². The van der Waals surface area contributed by atoms with Crippen LogP contribution in [0.1, 0.15) is 11.4 Å². The van der Waals surface area contributed by atoms with Gasteiger partial charge in [-0.2, -0.15) is 20.4 Å². The number of halogens is 1. The molecule has 0 unspecified atom stereocenters. The van der Waals surface area contributed by atoms with E-state index in [9.17, 15) is 0 Å². The van der Waals surface area contributed by atoms with Gasteiger partial charge in [0.25, 0.3) is 0 Å². The number of hydrogen-bond acceptors (Lipinski definition) is 10. The first-order valence-corrected chi connectivity index (χ1v) is 20.4. The Morgan fingerprint density at radius 1 is 0.443 bits per heavy atom. The Balaban J connectivity index is 0.876. The molecule has 61 heavy (non-hydrogen) atoms. The summed E-state index contributed by atoms with van der Waals surface area (Å²) in [7, 11) is 0. The summed E-state index contributed by atoms with van der Waals surface area (Å²) in [4.78, 5) is 9.75. The Bertz CT molecular complexity index is 3110. The average molecular weight is 860 g/mol. The van der Waals surface area contributed by atoms with Gasteiger partial charge in [0.15, 0.2) is 0 Å². The summed E-state index contributed by atoms with van der Waals surface area (Å²) in [6, 6.07) is 51.7. The highest BCUT2D eigenvalue weighted by Crippen LogP contribution is 2.36. The molecule has 4 aromatic heterocycles. The zero-order valence-corrected chi connectivity index (χ0v) is 34.0. The third-order valence-electron chi connectivity index (χ3n) is 10.3. The van der Waals surface area contributed by atoms with E-state index in [0.29, 0.717) is 30.7 Å². The molecule has 0 amide bonds. The Labute approximate surface area is 358 Å². The van der Waals surface area contributed by atoms with Gasteiger partial charge >= 0.3 is 0 Å². The Morgan fingerprint density at radius 2 is 0.984 bits per heavy atom. The van der Waals surface area contributed by atoms with Crippen LogP contribution in [0.5, 0.6) is 0 Å². The number of nitrogens with zero attached hydrogens (tertiary/aromatic N) is 8. The van der Waals surface area contributed by atoms with Crippen molar-refractivity contribution in [3.05, 3.63) is 180 Å². The fraction of sp³-hybridized carbons (Fsp3) is 0.0417. The predicted octanol–water partition coefficient (Wildman–Crippen LogP) is 10.6. The molecular formula is C48H35BrN12. The molecule has 4 heterocycles. The van der Waals surface area contributed by atoms with Crippen molar-refractivity contribution >= 4 is 38.6 Å². The minimum Gasteiger partial charge on any atom is -0.347 e. The average Bonchev–Trinajstić information content (AvgIpc) is 4.01. The molecule has 0 aliphatic carbocycles. The van der Waals surface area contributed by atoms with Crippen LogP contribution in [0.15, 0.2) is 169 Å². The molecule has 0 bridgehead atoms. The third kappa shape index (κ3) is 8.22. The van der Waals surface area contributed by atoms with E-state index in [1.165, 1.54) is 0 Å². The third-order valence-corrected chi connectivity index (χ3v) is 10.9. The van der Waals surface area contributed by atoms with Gasteiger partial charge in [-0.15, -0.1) is 10.2 Å². The van der Waals surface area contributed by atoms with Crippen LogP contribution in [-0.4, -0.2) is 50.8 Å². The van der Waals surface area contributed by atoms with Crippen LogP contribution >= 0.6 is 15.9 Å². The van der Waals surface area contributed by atoms with Crippen LogP contribution in [0.4, 0.5) is 11.9 Å². The molecule has 0 aliphatic heterocycles. The van der Waals surface area contributed by atoms with Gasteiger partial charge in [0.2, 0.25) is 11.9 Å². The number of rotatable bonds is 12. The molecule has 10 rings (SSSR count). The van der Waals surface area contributed by atoms with E-state index >= 15 is 0 Å². The van der Waals surface area contributed by atoms with E-state index in [4.69, 9.17) is 9.97 Å². The maximum atomic E-state index is 4.91. The van der Waals surface area contributed by atoms with E-state index in [1.54, 1.807) is 12.4 Å². The molecule has 6 aromatic carbocycles. The van der Waals surface area contributed by atoms with Crippen LogP contribution in [0.2, 0.25) is 0 Å². The Kier molecular flexibility index (Phi) is 10.3. The summed E-state index contributed by atoms with van der Waals surface area (Å²) < 4.78 is 1.02. The van der Waals surface area contributed by atoms with Crippen molar-refractivity contribution in [2.75, 3.05) is 10.6 Å². The summed E-state index contributed by atoms with van der Waals surface area (Å²) in [5, 5.41) is 41.1. The van der Waals surface area contributed by atoms with E-state index in [2.05, 4.69) is 134 Å². The molecule has 13 heteroatoms. The quantitative estimate of drug-likeness (QED) is 0.0931. The van der Waals surface area contributed by atoms with Crippen molar-refractivity contribution in [3.63, 3.8) is 0 Å². The lowest BCUT2D eigenvalue weighted by Crippen LogP contribution is -2.05. The van der Waals surface area contributed by atoms with Crippen LogP contribution in [0.3, 0.4) is 0 Å². The van der Waals surface area contributed by atoms with Crippen molar-refractivity contribution in [1.82, 2.24) is 50.8 Å². The summed E-state index contributed by atoms with van der Waals surface area (Å²) in [5.41, 5.74) is 13.2. The maximum Gasteiger partial charge on any atom is 0.243 e. The van der Waals surface area contributed by atoms with Crippen molar-refractivity contribution in [1.29, 1.82) is 0 Å². The number of aromatic nitrogens is 10. The van der Waals surface area contributed by atoms with Crippen molar-refractivity contribution in [2.45, 2.75) is 13.1 Å². The van der Waals surface area contributed by atoms with Crippen molar-refractivity contribution in [2.24, 2.45) is 0 Å². The van der Waals surface area contributed by atoms with Gasteiger partial charge in [-0.25, -0.2) is 9.97 Å². The minimum absolute atomic E-state index is 0.423. The van der Waals surface area contributed by atoms with Crippen LogP contribution in [0.25, 0.3) is 78.1 Å². The van der Waals surface area contributed by atoms with E-state index < -0.39 is 0 Å². The molecule has 294 valence electrons. The first-order valence-electron chi connectivity index (χ1n) is 19.6. The summed E-state index contributed by atoms with van der Waals surface area (Å²) in [6.07, 6.45) is 3.40. The predicted molar refractivity (Wildman–Crippen MR) is 243 cm³/mol. The zero-order valence-electron chi connectivity index (χ0n) is 32.5. The molecule has 0 fully saturated rings. The van der Waals surface area contributed by atoms with Crippen LogP contribution < -0.4 is 10.6 Å². The molecule has 10 aromatic rings. The second-order valence-corrected chi connectivity index (χ2v) is 15.3. The van der Waals surface area contributed by atoms with Crippen molar-refractivity contribution < 1.29 is 0 Å². The number of H-pyrrole nitrogens is 2. The molecular weight excluding hydrogens is 825 g/mol. The van der Waals surface area contributed by atoms with Gasteiger partial charge in [0.05, 0.1) is 59.6 Å². The summed E-state index contributed by atoms with van der Waals surface area (Å²) in [6.45, 7) is 0.927. The maximum absolute atomic E-state index is 4.91. The summed E-state index contributed by atoms with van der Waals surface area (Å²) in [5.74, 6) is 0.850. The lowest BCUT2D eigenvalue weighted by molar-refractivity contribution is 0.923. The number of anilines is 2.